The topological polar surface area (TPSA) is 122 Å². The van der Waals surface area contributed by atoms with E-state index in [4.69, 9.17) is 10.2 Å². The third-order valence-corrected chi connectivity index (χ3v) is 7.45. The molecule has 8 nitrogen and oxygen atoms in total. The molecule has 0 unspecified atom stereocenters. The van der Waals surface area contributed by atoms with E-state index in [1.54, 1.807) is 38.1 Å². The van der Waals surface area contributed by atoms with Crippen LogP contribution in [-0.4, -0.2) is 27.1 Å². The lowest BCUT2D eigenvalue weighted by Crippen LogP contribution is -2.43. The number of aromatic nitrogens is 3. The van der Waals surface area contributed by atoms with Gasteiger partial charge < -0.3 is 15.1 Å². The first-order valence-electron chi connectivity index (χ1n) is 13.4. The molecule has 1 aliphatic heterocycles. The van der Waals surface area contributed by atoms with Crippen LogP contribution in [-0.2, 0) is 28.3 Å². The van der Waals surface area contributed by atoms with Gasteiger partial charge in [0.15, 0.2) is 0 Å². The van der Waals surface area contributed by atoms with Crippen molar-refractivity contribution < 1.29 is 26.8 Å². The number of rotatable bonds is 6. The number of nitrogens with two attached hydrogens (primary N) is 1. The fourth-order valence-corrected chi connectivity index (χ4v) is 4.88. The standard InChI is InChI=1S/C31H28F4N6O2/c1-29(2,16-36)28-40-39-26(43-28)20-11-25-21(12-22(20)32)30(3,33)13-23(37)27(42)41(25)15-17-5-7-18(8-6-17)24-10-9-19(14-38-24)31(4,34)35/h5-12,14,23H,13,15,37H2,1-4H3/t23-,30+/m0/s1. The molecular weight excluding hydrogens is 564 g/mol. The molecule has 0 radical (unpaired) electrons. The number of carbonyl (C=O) groups is 1. The van der Waals surface area contributed by atoms with E-state index in [0.717, 1.165) is 19.2 Å². The van der Waals surface area contributed by atoms with Gasteiger partial charge in [-0.3, -0.25) is 9.78 Å². The lowest BCUT2D eigenvalue weighted by Gasteiger charge is -2.26. The molecule has 43 heavy (non-hydrogen) atoms. The van der Waals surface area contributed by atoms with E-state index in [0.29, 0.717) is 16.8 Å². The lowest BCUT2D eigenvalue weighted by atomic mass is 9.90. The average Bonchev–Trinajstić information content (AvgIpc) is 3.44. The zero-order chi connectivity index (χ0) is 31.3. The summed E-state index contributed by atoms with van der Waals surface area (Å²) < 4.78 is 64.1. The first kappa shape index (κ1) is 29.8. The van der Waals surface area contributed by atoms with Crippen LogP contribution < -0.4 is 10.6 Å². The van der Waals surface area contributed by atoms with E-state index in [1.807, 2.05) is 6.07 Å². The van der Waals surface area contributed by atoms with Gasteiger partial charge in [0.2, 0.25) is 11.8 Å². The van der Waals surface area contributed by atoms with Gasteiger partial charge in [0, 0.05) is 36.2 Å². The Kier molecular flexibility index (Phi) is 7.34. The predicted molar refractivity (Wildman–Crippen MR) is 150 cm³/mol. The molecule has 0 aliphatic carbocycles. The number of fused-ring (bicyclic) bond motifs is 1. The van der Waals surface area contributed by atoms with Crippen LogP contribution in [0.3, 0.4) is 0 Å². The summed E-state index contributed by atoms with van der Waals surface area (Å²) in [5, 5.41) is 17.2. The smallest absolute Gasteiger partial charge is 0.272 e. The SMILES string of the molecule is CC(F)(F)c1ccc(-c2ccc(CN3C(=O)[C@@H](N)C[C@@](C)(F)c4cc(F)c(-c5nnc(C(C)(C)C#N)o5)cc43)cc2)nc1. The second-order valence-electron chi connectivity index (χ2n) is 11.4. The highest BCUT2D eigenvalue weighted by Crippen LogP contribution is 2.44. The number of anilines is 1. The highest BCUT2D eigenvalue weighted by atomic mass is 19.3. The van der Waals surface area contributed by atoms with Crippen LogP contribution in [0, 0.1) is 17.1 Å². The third-order valence-electron chi connectivity index (χ3n) is 7.45. The van der Waals surface area contributed by atoms with Crippen LogP contribution in [0.2, 0.25) is 0 Å². The number of hydrogen-bond donors (Lipinski definition) is 1. The second-order valence-corrected chi connectivity index (χ2v) is 11.4. The molecule has 0 saturated carbocycles. The van der Waals surface area contributed by atoms with Crippen molar-refractivity contribution in [3.05, 3.63) is 83.1 Å². The van der Waals surface area contributed by atoms with Crippen LogP contribution in [0.5, 0.6) is 0 Å². The maximum absolute atomic E-state index is 16.0. The minimum Gasteiger partial charge on any atom is -0.419 e. The summed E-state index contributed by atoms with van der Waals surface area (Å²) in [4.78, 5) is 18.9. The van der Waals surface area contributed by atoms with Crippen molar-refractivity contribution in [2.24, 2.45) is 5.73 Å². The molecule has 4 aromatic rings. The predicted octanol–water partition coefficient (Wildman–Crippen LogP) is 6.30. The van der Waals surface area contributed by atoms with Crippen LogP contribution in [0.4, 0.5) is 23.2 Å². The summed E-state index contributed by atoms with van der Waals surface area (Å²) in [7, 11) is 0. The van der Waals surface area contributed by atoms with Crippen molar-refractivity contribution in [2.75, 3.05) is 4.90 Å². The van der Waals surface area contributed by atoms with E-state index in [-0.39, 0.29) is 47.1 Å². The number of alkyl halides is 3. The van der Waals surface area contributed by atoms with Gasteiger partial charge in [-0.05, 0) is 50.6 Å². The Bertz CT molecular complexity index is 1720. The minimum atomic E-state index is -3.01. The zero-order valence-electron chi connectivity index (χ0n) is 23.8. The van der Waals surface area contributed by atoms with E-state index < -0.39 is 34.8 Å². The van der Waals surface area contributed by atoms with Crippen molar-refractivity contribution >= 4 is 11.6 Å². The Balaban J connectivity index is 1.52. The van der Waals surface area contributed by atoms with Crippen molar-refractivity contribution in [1.82, 2.24) is 15.2 Å². The third kappa shape index (κ3) is 5.72. The van der Waals surface area contributed by atoms with E-state index in [9.17, 15) is 18.8 Å². The minimum absolute atomic E-state index is 0.0303. The van der Waals surface area contributed by atoms with E-state index in [2.05, 4.69) is 15.2 Å². The lowest BCUT2D eigenvalue weighted by molar-refractivity contribution is -0.120. The molecule has 0 saturated heterocycles. The van der Waals surface area contributed by atoms with Crippen molar-refractivity contribution in [3.8, 4) is 28.8 Å². The Morgan fingerprint density at radius 3 is 2.44 bits per heavy atom. The summed E-state index contributed by atoms with van der Waals surface area (Å²) in [6.45, 7) is 5.13. The maximum Gasteiger partial charge on any atom is 0.272 e. The molecule has 2 atom stereocenters. The van der Waals surface area contributed by atoms with Gasteiger partial charge in [-0.15, -0.1) is 10.2 Å². The van der Waals surface area contributed by atoms with Gasteiger partial charge in [0.1, 0.15) is 16.9 Å². The Morgan fingerprint density at radius 1 is 1.14 bits per heavy atom. The highest BCUT2D eigenvalue weighted by Gasteiger charge is 2.42. The molecule has 0 spiro atoms. The maximum atomic E-state index is 16.0. The Morgan fingerprint density at radius 2 is 1.84 bits per heavy atom. The fraction of sp³-hybridized carbons (Fsp3) is 0.323. The summed E-state index contributed by atoms with van der Waals surface area (Å²) in [5.41, 5.74) is 4.25. The summed E-state index contributed by atoms with van der Waals surface area (Å²) in [6.07, 6.45) is 0.752. The molecule has 2 N–H and O–H groups in total. The number of amides is 1. The second kappa shape index (κ2) is 10.6. The van der Waals surface area contributed by atoms with Crippen molar-refractivity contribution in [2.45, 2.75) is 63.7 Å². The molecule has 3 heterocycles. The van der Waals surface area contributed by atoms with E-state index in [1.165, 1.54) is 30.0 Å². The zero-order valence-corrected chi connectivity index (χ0v) is 23.8. The summed E-state index contributed by atoms with van der Waals surface area (Å²) >= 11 is 0. The molecule has 2 aromatic heterocycles. The number of carbonyl (C=O) groups excluding carboxylic acids is 1. The Hall–Kier alpha value is -4.63. The monoisotopic (exact) mass is 592 g/mol. The molecule has 1 amide bonds. The van der Waals surface area contributed by atoms with Crippen LogP contribution in [0.25, 0.3) is 22.7 Å². The molecule has 0 fully saturated rings. The average molecular weight is 593 g/mol. The van der Waals surface area contributed by atoms with Gasteiger partial charge in [0.05, 0.1) is 35.6 Å². The summed E-state index contributed by atoms with van der Waals surface area (Å²) in [5.74, 6) is -4.69. The Labute approximate surface area is 245 Å². The molecule has 2 aromatic carbocycles. The summed E-state index contributed by atoms with van der Waals surface area (Å²) in [6, 6.07) is 12.8. The molecule has 222 valence electrons. The quantitative estimate of drug-likeness (QED) is 0.261. The van der Waals surface area contributed by atoms with Crippen LogP contribution in [0.15, 0.2) is 59.1 Å². The number of pyridine rings is 1. The normalized spacial score (nSPS) is 19.1. The first-order chi connectivity index (χ1) is 20.1. The molecule has 1 aliphatic rings. The van der Waals surface area contributed by atoms with Crippen molar-refractivity contribution in [3.63, 3.8) is 0 Å². The van der Waals surface area contributed by atoms with Gasteiger partial charge in [-0.25, -0.2) is 17.6 Å². The van der Waals surface area contributed by atoms with Crippen LogP contribution in [0.1, 0.15) is 56.7 Å². The fourth-order valence-electron chi connectivity index (χ4n) is 4.88. The number of nitriles is 1. The largest absolute Gasteiger partial charge is 0.419 e. The molecule has 5 rings (SSSR count). The molecule has 0 bridgehead atoms. The highest BCUT2D eigenvalue weighted by molar-refractivity contribution is 5.99. The number of nitrogens with zero attached hydrogens (tertiary/aromatic N) is 5. The number of halogens is 4. The van der Waals surface area contributed by atoms with Gasteiger partial charge >= 0.3 is 0 Å². The van der Waals surface area contributed by atoms with Gasteiger partial charge in [-0.2, -0.15) is 5.26 Å². The van der Waals surface area contributed by atoms with Crippen LogP contribution >= 0.6 is 0 Å². The first-order valence-corrected chi connectivity index (χ1v) is 13.4. The van der Waals surface area contributed by atoms with Gasteiger partial charge in [-0.1, -0.05) is 24.3 Å². The molecule has 12 heteroatoms. The number of benzene rings is 2. The van der Waals surface area contributed by atoms with Crippen molar-refractivity contribution in [1.29, 1.82) is 5.26 Å². The van der Waals surface area contributed by atoms with Gasteiger partial charge in [0.25, 0.3) is 11.8 Å². The number of hydrogen-bond acceptors (Lipinski definition) is 7. The van der Waals surface area contributed by atoms with E-state index >= 15 is 8.78 Å². The molecular formula is C31H28F4N6O2.